The topological polar surface area (TPSA) is 64.4 Å². The summed E-state index contributed by atoms with van der Waals surface area (Å²) in [7, 11) is 4.88. The van der Waals surface area contributed by atoms with Crippen LogP contribution in [-0.4, -0.2) is 49.3 Å². The normalized spacial score (nSPS) is 17.3. The van der Waals surface area contributed by atoms with E-state index in [0.29, 0.717) is 12.8 Å². The standard InChI is InChI=1S/C12H19N3O2/c1-14(2)10(16)8-15(3)11(17)12(9-13)6-4-5-7-12/h4-8H2,1-3H3. The minimum Gasteiger partial charge on any atom is -0.347 e. The fourth-order valence-corrected chi connectivity index (χ4v) is 2.13. The Morgan fingerprint density at radius 2 is 1.76 bits per heavy atom. The summed E-state index contributed by atoms with van der Waals surface area (Å²) in [6.45, 7) is 0.0370. The molecule has 17 heavy (non-hydrogen) atoms. The third kappa shape index (κ3) is 2.76. The summed E-state index contributed by atoms with van der Waals surface area (Å²) < 4.78 is 0. The van der Waals surface area contributed by atoms with Crippen molar-refractivity contribution in [3.05, 3.63) is 0 Å². The van der Waals surface area contributed by atoms with Gasteiger partial charge in [-0.2, -0.15) is 5.26 Å². The second-order valence-corrected chi connectivity index (χ2v) is 4.85. The zero-order valence-corrected chi connectivity index (χ0v) is 10.7. The van der Waals surface area contributed by atoms with Gasteiger partial charge in [-0.15, -0.1) is 0 Å². The Kier molecular flexibility index (Phi) is 4.11. The minimum atomic E-state index is -0.888. The molecular weight excluding hydrogens is 218 g/mol. The van der Waals surface area contributed by atoms with Crippen LogP contribution in [0.3, 0.4) is 0 Å². The lowest BCUT2D eigenvalue weighted by atomic mass is 9.86. The van der Waals surface area contributed by atoms with Gasteiger partial charge in [-0.3, -0.25) is 9.59 Å². The van der Waals surface area contributed by atoms with Gasteiger partial charge in [-0.05, 0) is 12.8 Å². The first kappa shape index (κ1) is 13.5. The number of nitrogens with zero attached hydrogens (tertiary/aromatic N) is 3. The largest absolute Gasteiger partial charge is 0.347 e. The van der Waals surface area contributed by atoms with Crippen molar-refractivity contribution >= 4 is 11.8 Å². The molecule has 0 bridgehead atoms. The number of likely N-dealkylation sites (N-methyl/N-ethyl adjacent to an activating group) is 2. The first-order chi connectivity index (χ1) is 7.93. The molecule has 5 heteroatoms. The Labute approximate surface area is 102 Å². The van der Waals surface area contributed by atoms with E-state index in [1.165, 1.54) is 9.80 Å². The lowest BCUT2D eigenvalue weighted by Crippen LogP contribution is -2.44. The van der Waals surface area contributed by atoms with E-state index in [2.05, 4.69) is 6.07 Å². The summed E-state index contributed by atoms with van der Waals surface area (Å²) in [6.07, 6.45) is 3.05. The molecule has 5 nitrogen and oxygen atoms in total. The highest BCUT2D eigenvalue weighted by Crippen LogP contribution is 2.38. The van der Waals surface area contributed by atoms with Gasteiger partial charge in [0.25, 0.3) is 0 Å². The maximum atomic E-state index is 12.2. The monoisotopic (exact) mass is 237 g/mol. The van der Waals surface area contributed by atoms with E-state index in [-0.39, 0.29) is 18.4 Å². The second-order valence-electron chi connectivity index (χ2n) is 4.85. The predicted octanol–water partition coefficient (Wildman–Crippen LogP) is 0.617. The SMILES string of the molecule is CN(C)C(=O)CN(C)C(=O)C1(C#N)CCCC1. The smallest absolute Gasteiger partial charge is 0.243 e. The van der Waals surface area contributed by atoms with Gasteiger partial charge in [0.15, 0.2) is 0 Å². The molecule has 0 aromatic carbocycles. The molecule has 0 N–H and O–H groups in total. The number of hydrogen-bond donors (Lipinski definition) is 0. The summed E-state index contributed by atoms with van der Waals surface area (Å²) in [5, 5.41) is 9.19. The number of carbonyl (C=O) groups excluding carboxylic acids is 2. The van der Waals surface area contributed by atoms with Crippen LogP contribution >= 0.6 is 0 Å². The van der Waals surface area contributed by atoms with Gasteiger partial charge in [0, 0.05) is 21.1 Å². The fourth-order valence-electron chi connectivity index (χ4n) is 2.13. The molecule has 1 saturated carbocycles. The molecule has 1 aliphatic rings. The molecule has 1 aliphatic carbocycles. The van der Waals surface area contributed by atoms with E-state index < -0.39 is 5.41 Å². The number of nitriles is 1. The van der Waals surface area contributed by atoms with Gasteiger partial charge >= 0.3 is 0 Å². The van der Waals surface area contributed by atoms with E-state index in [1.54, 1.807) is 21.1 Å². The fraction of sp³-hybridized carbons (Fsp3) is 0.750. The number of carbonyl (C=O) groups is 2. The Balaban J connectivity index is 2.69. The number of amides is 2. The van der Waals surface area contributed by atoms with E-state index in [4.69, 9.17) is 0 Å². The van der Waals surface area contributed by atoms with Crippen molar-refractivity contribution in [1.82, 2.24) is 9.80 Å². The van der Waals surface area contributed by atoms with Gasteiger partial charge in [-0.1, -0.05) is 12.8 Å². The van der Waals surface area contributed by atoms with Crippen LogP contribution in [0.2, 0.25) is 0 Å². The molecular formula is C12H19N3O2. The van der Waals surface area contributed by atoms with E-state index in [9.17, 15) is 14.9 Å². The molecule has 1 fully saturated rings. The van der Waals surface area contributed by atoms with Gasteiger partial charge in [0.1, 0.15) is 5.41 Å². The molecule has 0 spiro atoms. The van der Waals surface area contributed by atoms with Crippen LogP contribution in [-0.2, 0) is 9.59 Å². The first-order valence-electron chi connectivity index (χ1n) is 5.80. The zero-order valence-electron chi connectivity index (χ0n) is 10.7. The van der Waals surface area contributed by atoms with Crippen molar-refractivity contribution in [1.29, 1.82) is 5.26 Å². The Morgan fingerprint density at radius 1 is 1.24 bits per heavy atom. The molecule has 0 atom stereocenters. The van der Waals surface area contributed by atoms with Crippen molar-refractivity contribution in [3.63, 3.8) is 0 Å². The lowest BCUT2D eigenvalue weighted by molar-refractivity contribution is -0.142. The summed E-state index contributed by atoms with van der Waals surface area (Å²) >= 11 is 0. The summed E-state index contributed by atoms with van der Waals surface area (Å²) in [5.74, 6) is -0.348. The third-order valence-electron chi connectivity index (χ3n) is 3.30. The lowest BCUT2D eigenvalue weighted by Gasteiger charge is -2.26. The number of rotatable bonds is 3. The first-order valence-corrected chi connectivity index (χ1v) is 5.80. The van der Waals surface area contributed by atoms with E-state index >= 15 is 0 Å². The van der Waals surface area contributed by atoms with Crippen LogP contribution in [0.4, 0.5) is 0 Å². The second kappa shape index (κ2) is 5.17. The van der Waals surface area contributed by atoms with Crippen LogP contribution in [0.5, 0.6) is 0 Å². The Hall–Kier alpha value is -1.57. The van der Waals surface area contributed by atoms with Gasteiger partial charge in [0.05, 0.1) is 12.6 Å². The van der Waals surface area contributed by atoms with Gasteiger partial charge < -0.3 is 9.80 Å². The average molecular weight is 237 g/mol. The molecule has 0 unspecified atom stereocenters. The van der Waals surface area contributed by atoms with Crippen molar-refractivity contribution in [3.8, 4) is 6.07 Å². The van der Waals surface area contributed by atoms with Gasteiger partial charge in [0.2, 0.25) is 11.8 Å². The van der Waals surface area contributed by atoms with Gasteiger partial charge in [-0.25, -0.2) is 0 Å². The summed E-state index contributed by atoms with van der Waals surface area (Å²) in [5.41, 5.74) is -0.888. The highest BCUT2D eigenvalue weighted by molar-refractivity contribution is 5.89. The highest BCUT2D eigenvalue weighted by atomic mass is 16.2. The zero-order chi connectivity index (χ0) is 13.1. The van der Waals surface area contributed by atoms with Crippen LogP contribution < -0.4 is 0 Å². The van der Waals surface area contributed by atoms with Crippen LogP contribution in [0.15, 0.2) is 0 Å². The molecule has 0 aromatic heterocycles. The van der Waals surface area contributed by atoms with Crippen molar-refractivity contribution in [2.45, 2.75) is 25.7 Å². The molecule has 1 rings (SSSR count). The molecule has 2 amide bonds. The maximum Gasteiger partial charge on any atom is 0.243 e. The summed E-state index contributed by atoms with van der Waals surface area (Å²) in [6, 6.07) is 2.14. The minimum absolute atomic E-state index is 0.0370. The molecule has 0 aromatic rings. The van der Waals surface area contributed by atoms with E-state index in [1.807, 2.05) is 0 Å². The number of hydrogen-bond acceptors (Lipinski definition) is 3. The highest BCUT2D eigenvalue weighted by Gasteiger charge is 2.43. The Bertz CT molecular complexity index is 351. The molecule has 0 heterocycles. The predicted molar refractivity (Wildman–Crippen MR) is 62.8 cm³/mol. The molecule has 0 radical (unpaired) electrons. The molecule has 0 saturated heterocycles. The van der Waals surface area contributed by atoms with Crippen LogP contribution in [0.25, 0.3) is 0 Å². The third-order valence-corrected chi connectivity index (χ3v) is 3.30. The van der Waals surface area contributed by atoms with Crippen molar-refractivity contribution in [2.75, 3.05) is 27.7 Å². The van der Waals surface area contributed by atoms with Crippen molar-refractivity contribution < 1.29 is 9.59 Å². The quantitative estimate of drug-likeness (QED) is 0.722. The van der Waals surface area contributed by atoms with Crippen LogP contribution in [0.1, 0.15) is 25.7 Å². The molecule has 0 aliphatic heterocycles. The molecule has 94 valence electrons. The van der Waals surface area contributed by atoms with E-state index in [0.717, 1.165) is 12.8 Å². The average Bonchev–Trinajstić information content (AvgIpc) is 2.77. The maximum absolute atomic E-state index is 12.2. The Morgan fingerprint density at radius 3 is 2.18 bits per heavy atom. The van der Waals surface area contributed by atoms with Crippen molar-refractivity contribution in [2.24, 2.45) is 5.41 Å². The van der Waals surface area contributed by atoms with Crippen LogP contribution in [0, 0.1) is 16.7 Å². The summed E-state index contributed by atoms with van der Waals surface area (Å²) in [4.78, 5) is 26.5.